The molecule has 0 saturated heterocycles. The van der Waals surface area contributed by atoms with E-state index >= 15 is 0 Å². The van der Waals surface area contributed by atoms with Crippen molar-refractivity contribution >= 4 is 31.6 Å². The summed E-state index contributed by atoms with van der Waals surface area (Å²) in [7, 11) is -4.99. The summed E-state index contributed by atoms with van der Waals surface area (Å²) < 4.78 is 83.8. The van der Waals surface area contributed by atoms with Gasteiger partial charge in [0.05, 0.1) is 41.6 Å². The highest BCUT2D eigenvalue weighted by Crippen LogP contribution is 2.29. The fourth-order valence-electron chi connectivity index (χ4n) is 5.32. The zero-order chi connectivity index (χ0) is 35.2. The number of amides is 1. The quantitative estimate of drug-likeness (QED) is 0.339. The van der Waals surface area contributed by atoms with Gasteiger partial charge in [0.15, 0.2) is 5.03 Å². The number of carbonyl (C=O) groups is 1. The topological polar surface area (TPSA) is 160 Å². The number of hydrogen-bond donors (Lipinski definition) is 2. The zero-order valence-electron chi connectivity index (χ0n) is 27.7. The van der Waals surface area contributed by atoms with Crippen molar-refractivity contribution in [1.82, 2.24) is 18.8 Å². The van der Waals surface area contributed by atoms with Crippen molar-refractivity contribution in [3.05, 3.63) is 66.4 Å². The van der Waals surface area contributed by atoms with Crippen molar-refractivity contribution in [2.45, 2.75) is 68.2 Å². The first-order chi connectivity index (χ1) is 22.6. The third kappa shape index (κ3) is 9.11. The van der Waals surface area contributed by atoms with Crippen LogP contribution < -0.4 is 9.46 Å². The number of fused-ring (bicyclic) bond motifs is 1. The lowest BCUT2D eigenvalue weighted by Gasteiger charge is -2.35. The van der Waals surface area contributed by atoms with Crippen LogP contribution in [0, 0.1) is 11.7 Å². The highest BCUT2D eigenvalue weighted by molar-refractivity contribution is 7.92. The number of aromatic nitrogens is 2. The number of aliphatic hydroxyl groups excluding tert-OH is 1. The van der Waals surface area contributed by atoms with Gasteiger partial charge in [-0.3, -0.25) is 9.52 Å². The van der Waals surface area contributed by atoms with Crippen LogP contribution in [0.25, 0.3) is 0 Å². The number of imidazole rings is 1. The van der Waals surface area contributed by atoms with Crippen LogP contribution in [-0.4, -0.2) is 98.2 Å². The molecular weight excluding hydrogens is 666 g/mol. The minimum absolute atomic E-state index is 0.0496. The van der Waals surface area contributed by atoms with E-state index in [-0.39, 0.29) is 52.7 Å². The number of likely N-dealkylation sites (N-methyl/N-ethyl adjacent to an activating group) is 1. The molecule has 0 radical (unpaired) electrons. The van der Waals surface area contributed by atoms with Crippen molar-refractivity contribution in [2.24, 2.45) is 13.0 Å². The Balaban J connectivity index is 1.67. The maximum absolute atomic E-state index is 14.3. The average molecular weight is 710 g/mol. The van der Waals surface area contributed by atoms with E-state index in [0.29, 0.717) is 19.4 Å². The molecule has 0 spiro atoms. The lowest BCUT2D eigenvalue weighted by atomic mass is 10.0. The van der Waals surface area contributed by atoms with E-state index < -0.39 is 49.8 Å². The minimum atomic E-state index is -4.07. The van der Waals surface area contributed by atoms with Crippen molar-refractivity contribution < 1.29 is 40.6 Å². The fourth-order valence-corrected chi connectivity index (χ4v) is 7.54. The van der Waals surface area contributed by atoms with Gasteiger partial charge >= 0.3 is 0 Å². The van der Waals surface area contributed by atoms with Crippen molar-refractivity contribution in [2.75, 3.05) is 38.1 Å². The molecule has 264 valence electrons. The molecule has 3 aromatic rings. The number of aliphatic hydroxyl groups is 1. The molecule has 1 amide bonds. The van der Waals surface area contributed by atoms with E-state index in [1.165, 1.54) is 59.4 Å². The van der Waals surface area contributed by atoms with E-state index in [2.05, 4.69) is 9.71 Å². The molecule has 0 fully saturated rings. The molecule has 16 heteroatoms. The van der Waals surface area contributed by atoms with Crippen molar-refractivity contribution in [3.63, 3.8) is 0 Å². The number of carbonyl (C=O) groups excluding carboxylic acids is 1. The van der Waals surface area contributed by atoms with Crippen LogP contribution in [0.3, 0.4) is 0 Å². The Bertz CT molecular complexity index is 1770. The number of nitrogens with one attached hydrogen (secondary N) is 1. The van der Waals surface area contributed by atoms with Crippen LogP contribution in [0.5, 0.6) is 5.75 Å². The summed E-state index contributed by atoms with van der Waals surface area (Å²) in [4.78, 5) is 19.6. The number of rotatable bonds is 9. The molecule has 2 aromatic carbocycles. The molecule has 48 heavy (non-hydrogen) atoms. The molecule has 1 aliphatic rings. The Morgan fingerprint density at radius 2 is 1.83 bits per heavy atom. The lowest BCUT2D eigenvalue weighted by Crippen LogP contribution is -2.48. The molecule has 13 nitrogen and oxygen atoms in total. The maximum Gasteiger partial charge on any atom is 0.280 e. The number of sulfonamides is 2. The maximum atomic E-state index is 14.3. The summed E-state index contributed by atoms with van der Waals surface area (Å²) in [5.41, 5.74) is 0.199. The van der Waals surface area contributed by atoms with E-state index in [4.69, 9.17) is 9.47 Å². The first kappa shape index (κ1) is 37.3. The predicted octanol–water partition coefficient (Wildman–Crippen LogP) is 3.48. The Morgan fingerprint density at radius 3 is 2.48 bits per heavy atom. The summed E-state index contributed by atoms with van der Waals surface area (Å²) in [6.07, 6.45) is 3.78. The summed E-state index contributed by atoms with van der Waals surface area (Å²) in [6.45, 7) is 5.35. The molecule has 4 atom stereocenters. The molecule has 0 bridgehead atoms. The largest absolute Gasteiger partial charge is 0.490 e. The van der Waals surface area contributed by atoms with Crippen LogP contribution in [0.15, 0.2) is 64.9 Å². The van der Waals surface area contributed by atoms with E-state index in [1.807, 2.05) is 13.8 Å². The van der Waals surface area contributed by atoms with E-state index in [1.54, 1.807) is 14.0 Å². The minimum Gasteiger partial charge on any atom is -0.490 e. The van der Waals surface area contributed by atoms with E-state index in [9.17, 15) is 31.1 Å². The molecular formula is C32H44FN5O8S2. The highest BCUT2D eigenvalue weighted by Gasteiger charge is 2.33. The van der Waals surface area contributed by atoms with E-state index in [0.717, 1.165) is 22.9 Å². The molecule has 2 N–H and O–H groups in total. The van der Waals surface area contributed by atoms with Crippen LogP contribution in [0.2, 0.25) is 0 Å². The Hall–Kier alpha value is -3.57. The number of nitrogens with zero attached hydrogens (tertiary/aromatic N) is 4. The fraction of sp³-hybridized carbons (Fsp3) is 0.500. The van der Waals surface area contributed by atoms with Gasteiger partial charge in [-0.15, -0.1) is 0 Å². The summed E-state index contributed by atoms with van der Waals surface area (Å²) in [5.74, 6) is -1.24. The van der Waals surface area contributed by atoms with Gasteiger partial charge in [0.2, 0.25) is 10.0 Å². The molecule has 1 aromatic heterocycles. The van der Waals surface area contributed by atoms with Gasteiger partial charge in [-0.2, -0.15) is 12.7 Å². The Morgan fingerprint density at radius 1 is 1.12 bits per heavy atom. The monoisotopic (exact) mass is 709 g/mol. The predicted molar refractivity (Wildman–Crippen MR) is 177 cm³/mol. The van der Waals surface area contributed by atoms with Crippen LogP contribution >= 0.6 is 0 Å². The summed E-state index contributed by atoms with van der Waals surface area (Å²) in [5, 5.41) is 9.99. The highest BCUT2D eigenvalue weighted by atomic mass is 32.2. The summed E-state index contributed by atoms with van der Waals surface area (Å²) in [6, 6.07) is 8.34. The standard InChI is InChI=1S/C32H44FN5O8S2/c1-22-17-38(23(2)20-39)32(40)28-16-26(35-47(41,42)31-19-36(4)21-34-31)11-14-29(28)46-24(3)8-6-7-15-45-30(22)18-37(5)48(43,44)27-12-9-25(33)10-13-27/h9-14,16,19,21-24,30,35,39H,6-8,15,17-18,20H2,1-5H3/t22-,23+,24+,30+/m1/s1. The second-order valence-electron chi connectivity index (χ2n) is 12.2. The molecule has 4 rings (SSSR count). The van der Waals surface area contributed by atoms with Gasteiger partial charge < -0.3 is 24.0 Å². The van der Waals surface area contributed by atoms with Gasteiger partial charge in [0.1, 0.15) is 11.6 Å². The SMILES string of the molecule is C[C@@H]1CN([C@@H](C)CO)C(=O)c2cc(NS(=O)(=O)c3cn(C)cn3)ccc2O[C@@H](C)CCCCO[C@H]1CN(C)S(=O)(=O)c1ccc(F)cc1. The van der Waals surface area contributed by atoms with Crippen LogP contribution in [0.4, 0.5) is 10.1 Å². The number of benzene rings is 2. The number of aryl methyl sites for hydroxylation is 1. The lowest BCUT2D eigenvalue weighted by molar-refractivity contribution is -0.00834. The second-order valence-corrected chi connectivity index (χ2v) is 15.9. The first-order valence-electron chi connectivity index (χ1n) is 15.7. The smallest absolute Gasteiger partial charge is 0.280 e. The van der Waals surface area contributed by atoms with Crippen LogP contribution in [0.1, 0.15) is 50.4 Å². The number of ether oxygens (including phenoxy) is 2. The molecule has 0 saturated carbocycles. The molecule has 0 aliphatic carbocycles. The van der Waals surface area contributed by atoms with Gasteiger partial charge in [0, 0.05) is 51.6 Å². The van der Waals surface area contributed by atoms with Crippen molar-refractivity contribution in [3.8, 4) is 5.75 Å². The van der Waals surface area contributed by atoms with Gasteiger partial charge in [0.25, 0.3) is 15.9 Å². The van der Waals surface area contributed by atoms with Gasteiger partial charge in [-0.1, -0.05) is 6.92 Å². The Kier molecular flexibility index (Phi) is 12.2. The first-order valence-corrected chi connectivity index (χ1v) is 18.6. The Labute approximate surface area is 281 Å². The number of anilines is 1. The molecule has 1 aliphatic heterocycles. The second kappa shape index (κ2) is 15.8. The van der Waals surface area contributed by atoms with Gasteiger partial charge in [-0.25, -0.2) is 17.8 Å². The van der Waals surface area contributed by atoms with Crippen molar-refractivity contribution in [1.29, 1.82) is 0 Å². The zero-order valence-corrected chi connectivity index (χ0v) is 29.4. The summed E-state index contributed by atoms with van der Waals surface area (Å²) >= 11 is 0. The molecule has 2 heterocycles. The van der Waals surface area contributed by atoms with Crippen LogP contribution in [-0.2, 0) is 31.8 Å². The third-order valence-corrected chi connectivity index (χ3v) is 11.3. The third-order valence-electron chi connectivity index (χ3n) is 8.22. The van der Waals surface area contributed by atoms with Gasteiger partial charge in [-0.05, 0) is 75.6 Å². The average Bonchev–Trinajstić information content (AvgIpc) is 3.49. The number of halogens is 1. The number of hydrogen-bond acceptors (Lipinski definition) is 9. The molecule has 0 unspecified atom stereocenters. The normalized spacial score (nSPS) is 20.9.